The lowest BCUT2D eigenvalue weighted by molar-refractivity contribution is 0.102. The molecular weight excluding hydrogens is 368 g/mol. The van der Waals surface area contributed by atoms with E-state index in [4.69, 9.17) is 4.42 Å². The number of furan rings is 1. The minimum absolute atomic E-state index is 0.227. The summed E-state index contributed by atoms with van der Waals surface area (Å²) in [6.07, 6.45) is 4.50. The second kappa shape index (κ2) is 7.01. The van der Waals surface area contributed by atoms with E-state index in [0.717, 1.165) is 11.0 Å². The summed E-state index contributed by atoms with van der Waals surface area (Å²) in [5.74, 6) is 0.560. The normalized spacial score (nSPS) is 10.9. The van der Waals surface area contributed by atoms with Crippen molar-refractivity contribution in [3.63, 3.8) is 0 Å². The molecule has 2 N–H and O–H groups in total. The van der Waals surface area contributed by atoms with Gasteiger partial charge in [-0.3, -0.25) is 4.79 Å². The number of rotatable bonds is 4. The summed E-state index contributed by atoms with van der Waals surface area (Å²) in [5, 5.41) is 6.71. The smallest absolute Gasteiger partial charge is 0.255 e. The van der Waals surface area contributed by atoms with Gasteiger partial charge in [0.1, 0.15) is 17.4 Å². The van der Waals surface area contributed by atoms with Gasteiger partial charge in [0.25, 0.3) is 5.91 Å². The van der Waals surface area contributed by atoms with Gasteiger partial charge in [-0.25, -0.2) is 19.9 Å². The number of amides is 1. The number of hydrogen-bond acceptors (Lipinski definition) is 7. The number of anilines is 3. The van der Waals surface area contributed by atoms with Crippen LogP contribution in [0, 0.1) is 0 Å². The number of nitrogens with zero attached hydrogens (tertiary/aromatic N) is 4. The van der Waals surface area contributed by atoms with E-state index < -0.39 is 0 Å². The summed E-state index contributed by atoms with van der Waals surface area (Å²) in [5.41, 5.74) is 3.01. The number of fused-ring (bicyclic) bond motifs is 3. The van der Waals surface area contributed by atoms with Gasteiger partial charge in [-0.2, -0.15) is 0 Å². The Morgan fingerprint density at radius 2 is 1.62 bits per heavy atom. The van der Waals surface area contributed by atoms with Gasteiger partial charge in [0.2, 0.25) is 5.95 Å². The van der Waals surface area contributed by atoms with Crippen LogP contribution in [-0.4, -0.2) is 25.8 Å². The quantitative estimate of drug-likeness (QED) is 0.481. The van der Waals surface area contributed by atoms with E-state index in [1.165, 1.54) is 18.7 Å². The Morgan fingerprint density at radius 1 is 0.862 bits per heavy atom. The first kappa shape index (κ1) is 16.8. The van der Waals surface area contributed by atoms with Crippen molar-refractivity contribution >= 4 is 45.4 Å². The van der Waals surface area contributed by atoms with E-state index in [-0.39, 0.29) is 5.91 Å². The first-order chi connectivity index (χ1) is 14.3. The van der Waals surface area contributed by atoms with Crippen LogP contribution in [0.2, 0.25) is 0 Å². The van der Waals surface area contributed by atoms with E-state index in [2.05, 4.69) is 30.6 Å². The number of carbonyl (C=O) groups excluding carboxylic acids is 1. The molecule has 0 radical (unpaired) electrons. The molecule has 1 amide bonds. The van der Waals surface area contributed by atoms with Crippen LogP contribution in [0.1, 0.15) is 10.4 Å². The molecule has 3 heterocycles. The standard InChI is InChI=1S/C21H14N6O2/c28-20(13-6-2-1-3-7-13)26-14-10-22-21(23-11-14)27-19-18-17(24-12-25-19)15-8-4-5-9-16(15)29-18/h1-12H,(H,26,28)(H,22,23,24,25,27). The highest BCUT2D eigenvalue weighted by Gasteiger charge is 2.14. The van der Waals surface area contributed by atoms with Crippen LogP contribution in [0.15, 0.2) is 77.7 Å². The van der Waals surface area contributed by atoms with E-state index in [0.29, 0.717) is 34.1 Å². The van der Waals surface area contributed by atoms with E-state index >= 15 is 0 Å². The van der Waals surface area contributed by atoms with Gasteiger partial charge < -0.3 is 15.1 Å². The minimum atomic E-state index is -0.227. The third-order valence-electron chi connectivity index (χ3n) is 4.33. The Morgan fingerprint density at radius 3 is 2.45 bits per heavy atom. The zero-order valence-electron chi connectivity index (χ0n) is 15.0. The second-order valence-electron chi connectivity index (χ2n) is 6.24. The number of aromatic nitrogens is 4. The number of nitrogens with one attached hydrogen (secondary N) is 2. The maximum absolute atomic E-state index is 12.2. The Hall–Kier alpha value is -4.33. The first-order valence-corrected chi connectivity index (χ1v) is 8.85. The molecule has 0 saturated carbocycles. The predicted octanol–water partition coefficient (Wildman–Crippen LogP) is 4.16. The summed E-state index contributed by atoms with van der Waals surface area (Å²) >= 11 is 0. The molecule has 2 aromatic carbocycles. The molecule has 0 aliphatic rings. The molecule has 3 aromatic heterocycles. The zero-order chi connectivity index (χ0) is 19.6. The number of carbonyl (C=O) groups is 1. The number of benzene rings is 2. The SMILES string of the molecule is O=C(Nc1cnc(Nc2ncnc3c2oc2ccccc23)nc1)c1ccccc1. The van der Waals surface area contributed by atoms with Crippen molar-refractivity contribution in [2.45, 2.75) is 0 Å². The van der Waals surface area contributed by atoms with E-state index in [1.54, 1.807) is 24.3 Å². The molecule has 0 atom stereocenters. The summed E-state index contributed by atoms with van der Waals surface area (Å²) in [4.78, 5) is 29.3. The highest BCUT2D eigenvalue weighted by Crippen LogP contribution is 2.31. The first-order valence-electron chi connectivity index (χ1n) is 8.85. The van der Waals surface area contributed by atoms with Gasteiger partial charge in [-0.1, -0.05) is 30.3 Å². The van der Waals surface area contributed by atoms with Crippen molar-refractivity contribution < 1.29 is 9.21 Å². The lowest BCUT2D eigenvalue weighted by Gasteiger charge is -2.06. The fourth-order valence-electron chi connectivity index (χ4n) is 2.97. The van der Waals surface area contributed by atoms with Crippen molar-refractivity contribution in [1.82, 2.24) is 19.9 Å². The molecule has 5 rings (SSSR count). The van der Waals surface area contributed by atoms with Gasteiger partial charge in [0.05, 0.1) is 18.1 Å². The maximum Gasteiger partial charge on any atom is 0.255 e. The molecule has 8 heteroatoms. The molecule has 0 unspecified atom stereocenters. The number of para-hydroxylation sites is 1. The molecule has 0 saturated heterocycles. The molecule has 0 aliphatic heterocycles. The molecular formula is C21H14N6O2. The molecule has 0 aliphatic carbocycles. The largest absolute Gasteiger partial charge is 0.450 e. The maximum atomic E-state index is 12.2. The Labute approximate surface area is 164 Å². The molecule has 0 fully saturated rings. The van der Waals surface area contributed by atoms with Gasteiger partial charge in [-0.05, 0) is 24.3 Å². The average Bonchev–Trinajstić information content (AvgIpc) is 3.16. The van der Waals surface area contributed by atoms with Crippen molar-refractivity contribution in [2.24, 2.45) is 0 Å². The van der Waals surface area contributed by atoms with Gasteiger partial charge in [-0.15, -0.1) is 0 Å². The van der Waals surface area contributed by atoms with Crippen LogP contribution in [0.4, 0.5) is 17.5 Å². The summed E-state index contributed by atoms with van der Waals surface area (Å²) in [6, 6.07) is 16.6. The Kier molecular flexibility index (Phi) is 4.06. The second-order valence-corrected chi connectivity index (χ2v) is 6.24. The topological polar surface area (TPSA) is 106 Å². The lowest BCUT2D eigenvalue weighted by atomic mass is 10.2. The van der Waals surface area contributed by atoms with Crippen LogP contribution < -0.4 is 10.6 Å². The molecule has 0 bridgehead atoms. The molecule has 29 heavy (non-hydrogen) atoms. The molecule has 0 spiro atoms. The minimum Gasteiger partial charge on any atom is -0.450 e. The molecule has 140 valence electrons. The number of hydrogen-bond donors (Lipinski definition) is 2. The van der Waals surface area contributed by atoms with E-state index in [1.807, 2.05) is 30.3 Å². The van der Waals surface area contributed by atoms with Crippen LogP contribution >= 0.6 is 0 Å². The Bertz CT molecular complexity index is 1320. The van der Waals surface area contributed by atoms with Crippen molar-refractivity contribution in [3.05, 3.63) is 78.9 Å². The Balaban J connectivity index is 1.38. The van der Waals surface area contributed by atoms with Gasteiger partial charge in [0.15, 0.2) is 11.4 Å². The monoisotopic (exact) mass is 382 g/mol. The fourth-order valence-corrected chi connectivity index (χ4v) is 2.97. The van der Waals surface area contributed by atoms with Crippen molar-refractivity contribution in [1.29, 1.82) is 0 Å². The highest BCUT2D eigenvalue weighted by molar-refractivity contribution is 6.06. The predicted molar refractivity (Wildman–Crippen MR) is 109 cm³/mol. The molecule has 5 aromatic rings. The zero-order valence-corrected chi connectivity index (χ0v) is 15.0. The third kappa shape index (κ3) is 3.23. The van der Waals surface area contributed by atoms with E-state index in [9.17, 15) is 4.79 Å². The third-order valence-corrected chi connectivity index (χ3v) is 4.33. The van der Waals surface area contributed by atoms with Crippen molar-refractivity contribution in [2.75, 3.05) is 10.6 Å². The van der Waals surface area contributed by atoms with Gasteiger partial charge >= 0.3 is 0 Å². The van der Waals surface area contributed by atoms with Crippen LogP contribution in [0.3, 0.4) is 0 Å². The van der Waals surface area contributed by atoms with Crippen LogP contribution in [0.25, 0.3) is 22.1 Å². The average molecular weight is 382 g/mol. The summed E-state index contributed by atoms with van der Waals surface area (Å²) in [6.45, 7) is 0. The highest BCUT2D eigenvalue weighted by atomic mass is 16.3. The van der Waals surface area contributed by atoms with Crippen molar-refractivity contribution in [3.8, 4) is 0 Å². The summed E-state index contributed by atoms with van der Waals surface area (Å²) < 4.78 is 5.88. The van der Waals surface area contributed by atoms with Crippen LogP contribution in [0.5, 0.6) is 0 Å². The van der Waals surface area contributed by atoms with Crippen LogP contribution in [-0.2, 0) is 0 Å². The lowest BCUT2D eigenvalue weighted by Crippen LogP contribution is -2.12. The van der Waals surface area contributed by atoms with Gasteiger partial charge in [0, 0.05) is 10.9 Å². The molecule has 8 nitrogen and oxygen atoms in total. The summed E-state index contributed by atoms with van der Waals surface area (Å²) in [7, 11) is 0. The fraction of sp³-hybridized carbons (Fsp3) is 0.